The van der Waals surface area contributed by atoms with E-state index in [4.69, 9.17) is 9.47 Å². The van der Waals surface area contributed by atoms with Gasteiger partial charge in [0, 0.05) is 44.5 Å². The SMILES string of the molecule is CN(C)S(=O)(=O)c1ccc(N2C[C@H](C(=O)Nc3ccc4c(c3)OCO4)CC2=O)cc1. The number of hydrogen-bond donors (Lipinski definition) is 1. The van der Waals surface area contributed by atoms with Crippen molar-refractivity contribution in [2.24, 2.45) is 5.92 Å². The Bertz CT molecular complexity index is 1100. The molecule has 10 heteroatoms. The number of amides is 2. The molecule has 1 saturated heterocycles. The fourth-order valence-corrected chi connectivity index (χ4v) is 4.26. The zero-order valence-electron chi connectivity index (χ0n) is 16.5. The second kappa shape index (κ2) is 7.62. The van der Waals surface area contributed by atoms with E-state index < -0.39 is 15.9 Å². The van der Waals surface area contributed by atoms with Gasteiger partial charge in [0.25, 0.3) is 0 Å². The van der Waals surface area contributed by atoms with Crippen LogP contribution in [0, 0.1) is 5.92 Å². The number of rotatable bonds is 5. The van der Waals surface area contributed by atoms with Crippen LogP contribution in [-0.4, -0.2) is 52.0 Å². The summed E-state index contributed by atoms with van der Waals surface area (Å²) in [5.41, 5.74) is 1.12. The molecule has 30 heavy (non-hydrogen) atoms. The predicted molar refractivity (Wildman–Crippen MR) is 109 cm³/mol. The van der Waals surface area contributed by atoms with Gasteiger partial charge in [-0.25, -0.2) is 12.7 Å². The van der Waals surface area contributed by atoms with Gasteiger partial charge >= 0.3 is 0 Å². The molecule has 2 heterocycles. The molecule has 158 valence electrons. The fourth-order valence-electron chi connectivity index (χ4n) is 3.36. The molecule has 0 spiro atoms. The first-order valence-electron chi connectivity index (χ1n) is 9.29. The molecular formula is C20H21N3O6S. The average molecular weight is 431 g/mol. The van der Waals surface area contributed by atoms with E-state index in [1.54, 1.807) is 30.3 Å². The Kier molecular flexibility index (Phi) is 5.12. The molecule has 0 aliphatic carbocycles. The Balaban J connectivity index is 1.44. The number of anilines is 2. The lowest BCUT2D eigenvalue weighted by Gasteiger charge is -2.18. The quantitative estimate of drug-likeness (QED) is 0.772. The van der Waals surface area contributed by atoms with Crippen molar-refractivity contribution >= 4 is 33.2 Å². The molecule has 1 N–H and O–H groups in total. The van der Waals surface area contributed by atoms with Crippen molar-refractivity contribution in [3.05, 3.63) is 42.5 Å². The van der Waals surface area contributed by atoms with Crippen LogP contribution in [-0.2, 0) is 19.6 Å². The summed E-state index contributed by atoms with van der Waals surface area (Å²) in [7, 11) is -0.637. The number of benzene rings is 2. The van der Waals surface area contributed by atoms with Crippen molar-refractivity contribution in [1.82, 2.24) is 4.31 Å². The average Bonchev–Trinajstić information content (AvgIpc) is 3.34. The topological polar surface area (TPSA) is 105 Å². The zero-order chi connectivity index (χ0) is 21.5. The van der Waals surface area contributed by atoms with E-state index >= 15 is 0 Å². The van der Waals surface area contributed by atoms with Gasteiger partial charge in [-0.15, -0.1) is 0 Å². The van der Waals surface area contributed by atoms with Gasteiger partial charge in [-0.3, -0.25) is 9.59 Å². The van der Waals surface area contributed by atoms with Crippen molar-refractivity contribution in [2.75, 3.05) is 37.6 Å². The second-order valence-corrected chi connectivity index (χ2v) is 9.40. The first-order valence-corrected chi connectivity index (χ1v) is 10.7. The van der Waals surface area contributed by atoms with Crippen LogP contribution in [0.1, 0.15) is 6.42 Å². The smallest absolute Gasteiger partial charge is 0.242 e. The molecule has 0 aromatic heterocycles. The third kappa shape index (κ3) is 3.71. The fraction of sp³-hybridized carbons (Fsp3) is 0.300. The van der Waals surface area contributed by atoms with Crippen molar-refractivity contribution in [2.45, 2.75) is 11.3 Å². The normalized spacial score (nSPS) is 18.2. The molecule has 0 bridgehead atoms. The maximum atomic E-state index is 12.7. The van der Waals surface area contributed by atoms with Crippen LogP contribution in [0.5, 0.6) is 11.5 Å². The van der Waals surface area contributed by atoms with Gasteiger partial charge in [-0.2, -0.15) is 0 Å². The van der Waals surface area contributed by atoms with Gasteiger partial charge in [0.05, 0.1) is 10.8 Å². The number of fused-ring (bicyclic) bond motifs is 1. The molecule has 0 unspecified atom stereocenters. The monoisotopic (exact) mass is 431 g/mol. The Morgan fingerprint density at radius 1 is 1.10 bits per heavy atom. The lowest BCUT2D eigenvalue weighted by atomic mass is 10.1. The highest BCUT2D eigenvalue weighted by molar-refractivity contribution is 7.89. The number of sulfonamides is 1. The molecule has 4 rings (SSSR count). The highest BCUT2D eigenvalue weighted by atomic mass is 32.2. The number of carbonyl (C=O) groups is 2. The molecule has 1 fully saturated rings. The largest absolute Gasteiger partial charge is 0.454 e. The molecule has 0 saturated carbocycles. The molecule has 2 aromatic carbocycles. The van der Waals surface area contributed by atoms with Gasteiger partial charge in [0.2, 0.25) is 28.6 Å². The van der Waals surface area contributed by atoms with Crippen molar-refractivity contribution in [3.63, 3.8) is 0 Å². The minimum Gasteiger partial charge on any atom is -0.454 e. The molecular weight excluding hydrogens is 410 g/mol. The molecule has 2 aliphatic heterocycles. The summed E-state index contributed by atoms with van der Waals surface area (Å²) in [4.78, 5) is 26.8. The third-order valence-corrected chi connectivity index (χ3v) is 6.89. The Hall–Kier alpha value is -3.11. The predicted octanol–water partition coefficient (Wildman–Crippen LogP) is 1.66. The zero-order valence-corrected chi connectivity index (χ0v) is 17.3. The third-order valence-electron chi connectivity index (χ3n) is 5.06. The van der Waals surface area contributed by atoms with Crippen molar-refractivity contribution < 1.29 is 27.5 Å². The molecule has 0 radical (unpaired) electrons. The van der Waals surface area contributed by atoms with Crippen molar-refractivity contribution in [1.29, 1.82) is 0 Å². The minimum atomic E-state index is -3.55. The van der Waals surface area contributed by atoms with E-state index in [0.717, 1.165) is 4.31 Å². The summed E-state index contributed by atoms with van der Waals surface area (Å²) < 4.78 is 36.1. The first kappa shape index (κ1) is 20.2. The summed E-state index contributed by atoms with van der Waals surface area (Å²) in [5.74, 6) is 0.202. The van der Waals surface area contributed by atoms with Gasteiger partial charge < -0.3 is 19.7 Å². The number of nitrogens with one attached hydrogen (secondary N) is 1. The molecule has 1 atom stereocenters. The minimum absolute atomic E-state index is 0.0775. The number of ether oxygens (including phenoxy) is 2. The standard InChI is InChI=1S/C20H21N3O6S/c1-22(2)30(26,27)16-6-4-15(5-7-16)23-11-13(9-19(23)24)20(25)21-14-3-8-17-18(10-14)29-12-28-17/h3-8,10,13H,9,11-12H2,1-2H3,(H,21,25)/t13-/m1/s1. The molecule has 2 amide bonds. The van der Waals surface area contributed by atoms with Crippen LogP contribution in [0.3, 0.4) is 0 Å². The van der Waals surface area contributed by atoms with Gasteiger partial charge in [-0.05, 0) is 36.4 Å². The number of carbonyl (C=O) groups excluding carboxylic acids is 2. The maximum absolute atomic E-state index is 12.7. The summed E-state index contributed by atoms with van der Waals surface area (Å²) in [6.07, 6.45) is 0.0775. The van der Waals surface area contributed by atoms with Crippen LogP contribution in [0.15, 0.2) is 47.4 Å². The van der Waals surface area contributed by atoms with Gasteiger partial charge in [0.1, 0.15) is 0 Å². The molecule has 9 nitrogen and oxygen atoms in total. The molecule has 2 aliphatic rings. The molecule has 2 aromatic rings. The van der Waals surface area contributed by atoms with Crippen LogP contribution in [0.4, 0.5) is 11.4 Å². The van der Waals surface area contributed by atoms with Gasteiger partial charge in [0.15, 0.2) is 11.5 Å². The van der Waals surface area contributed by atoms with E-state index in [9.17, 15) is 18.0 Å². The lowest BCUT2D eigenvalue weighted by molar-refractivity contribution is -0.122. The van der Waals surface area contributed by atoms with Crippen molar-refractivity contribution in [3.8, 4) is 11.5 Å². The van der Waals surface area contributed by atoms with Crippen LogP contribution in [0.2, 0.25) is 0 Å². The van der Waals surface area contributed by atoms with E-state index in [1.807, 2.05) is 0 Å². The first-order chi connectivity index (χ1) is 14.3. The van der Waals surface area contributed by atoms with E-state index in [2.05, 4.69) is 5.32 Å². The van der Waals surface area contributed by atoms with E-state index in [1.165, 1.54) is 31.1 Å². The lowest BCUT2D eigenvalue weighted by Crippen LogP contribution is -2.28. The van der Waals surface area contributed by atoms with Crippen LogP contribution < -0.4 is 19.7 Å². The highest BCUT2D eigenvalue weighted by Gasteiger charge is 2.35. The van der Waals surface area contributed by atoms with E-state index in [0.29, 0.717) is 22.9 Å². The summed E-state index contributed by atoms with van der Waals surface area (Å²) in [6.45, 7) is 0.364. The summed E-state index contributed by atoms with van der Waals surface area (Å²) in [6, 6.07) is 11.2. The van der Waals surface area contributed by atoms with E-state index in [-0.39, 0.29) is 36.5 Å². The number of nitrogens with zero attached hydrogens (tertiary/aromatic N) is 2. The highest BCUT2D eigenvalue weighted by Crippen LogP contribution is 2.34. The Morgan fingerprint density at radius 2 is 1.80 bits per heavy atom. The van der Waals surface area contributed by atoms with Crippen LogP contribution >= 0.6 is 0 Å². The summed E-state index contributed by atoms with van der Waals surface area (Å²) in [5, 5.41) is 2.81. The van der Waals surface area contributed by atoms with Crippen LogP contribution in [0.25, 0.3) is 0 Å². The van der Waals surface area contributed by atoms with Gasteiger partial charge in [-0.1, -0.05) is 0 Å². The Morgan fingerprint density at radius 3 is 2.50 bits per heavy atom. The number of hydrogen-bond acceptors (Lipinski definition) is 6. The Labute approximate surface area is 174 Å². The maximum Gasteiger partial charge on any atom is 0.242 e. The summed E-state index contributed by atoms with van der Waals surface area (Å²) >= 11 is 0. The second-order valence-electron chi connectivity index (χ2n) is 7.24.